The van der Waals surface area contributed by atoms with E-state index < -0.39 is 7.26 Å². The molecular weight excluding hydrogens is 491 g/mol. The Balaban J connectivity index is 0.00000225. The van der Waals surface area contributed by atoms with E-state index in [4.69, 9.17) is 0 Å². The van der Waals surface area contributed by atoms with E-state index in [9.17, 15) is 0 Å². The number of hydrogen-bond acceptors (Lipinski definition) is 0. The molecule has 0 nitrogen and oxygen atoms in total. The van der Waals surface area contributed by atoms with Crippen LogP contribution in [0.1, 0.15) is 5.56 Å². The Morgan fingerprint density at radius 1 is 0.500 bits per heavy atom. The van der Waals surface area contributed by atoms with E-state index in [-0.39, 0.29) is 17.0 Å². The number of benzene rings is 4. The SMILES string of the molecule is Br.Brc1ccccc1C[PH](c1ccccc1)(c1ccccc1)c1ccccc1. The fraction of sp³-hybridized carbons (Fsp3) is 0.0400. The third-order valence-electron chi connectivity index (χ3n) is 5.21. The molecule has 0 radical (unpaired) electrons. The van der Waals surface area contributed by atoms with Crippen molar-refractivity contribution in [2.75, 3.05) is 0 Å². The van der Waals surface area contributed by atoms with Crippen molar-refractivity contribution in [3.8, 4) is 0 Å². The Morgan fingerprint density at radius 3 is 1.25 bits per heavy atom. The van der Waals surface area contributed by atoms with Crippen LogP contribution in [0.2, 0.25) is 0 Å². The van der Waals surface area contributed by atoms with Gasteiger partial charge in [-0.25, -0.2) is 0 Å². The molecule has 0 heterocycles. The molecular formula is C25H23Br2P. The Hall–Kier alpha value is -1.73. The van der Waals surface area contributed by atoms with Gasteiger partial charge < -0.3 is 0 Å². The van der Waals surface area contributed by atoms with Crippen molar-refractivity contribution in [2.45, 2.75) is 6.16 Å². The molecule has 3 heteroatoms. The summed E-state index contributed by atoms with van der Waals surface area (Å²) in [6.07, 6.45) is 1.02. The van der Waals surface area contributed by atoms with Gasteiger partial charge in [-0.3, -0.25) is 0 Å². The molecule has 0 aliphatic heterocycles. The van der Waals surface area contributed by atoms with Crippen molar-refractivity contribution in [2.24, 2.45) is 0 Å². The van der Waals surface area contributed by atoms with Crippen LogP contribution in [0.5, 0.6) is 0 Å². The third-order valence-corrected chi connectivity index (χ3v) is 10.9. The van der Waals surface area contributed by atoms with Crippen LogP contribution in [0.25, 0.3) is 0 Å². The van der Waals surface area contributed by atoms with Gasteiger partial charge in [0.1, 0.15) is 0 Å². The molecule has 0 aromatic heterocycles. The van der Waals surface area contributed by atoms with Gasteiger partial charge in [-0.2, -0.15) is 0 Å². The van der Waals surface area contributed by atoms with Crippen molar-refractivity contribution < 1.29 is 0 Å². The van der Waals surface area contributed by atoms with Gasteiger partial charge in [0.2, 0.25) is 0 Å². The molecule has 0 spiro atoms. The van der Waals surface area contributed by atoms with Gasteiger partial charge in [-0.1, -0.05) is 0 Å². The first-order chi connectivity index (χ1) is 13.3. The predicted octanol–water partition coefficient (Wildman–Crippen LogP) is 6.25. The molecule has 0 aliphatic rings. The van der Waals surface area contributed by atoms with Crippen molar-refractivity contribution in [3.63, 3.8) is 0 Å². The molecule has 0 bridgehead atoms. The van der Waals surface area contributed by atoms with Gasteiger partial charge in [0.25, 0.3) is 0 Å². The molecule has 4 aromatic rings. The molecule has 0 unspecified atom stereocenters. The Kier molecular flexibility index (Phi) is 7.24. The number of hydrogen-bond donors (Lipinski definition) is 0. The molecule has 0 N–H and O–H groups in total. The van der Waals surface area contributed by atoms with Gasteiger partial charge in [-0.05, 0) is 0 Å². The summed E-state index contributed by atoms with van der Waals surface area (Å²) >= 11 is 3.79. The van der Waals surface area contributed by atoms with Gasteiger partial charge in [0, 0.05) is 0 Å². The topological polar surface area (TPSA) is 0 Å². The minimum atomic E-state index is -2.23. The van der Waals surface area contributed by atoms with Crippen LogP contribution in [-0.2, 0) is 6.16 Å². The van der Waals surface area contributed by atoms with E-state index in [1.807, 2.05) is 0 Å². The van der Waals surface area contributed by atoms with Crippen molar-refractivity contribution in [3.05, 3.63) is 125 Å². The summed E-state index contributed by atoms with van der Waals surface area (Å²) in [5.74, 6) is 0. The zero-order chi connectivity index (χ0) is 18.5. The predicted molar refractivity (Wildman–Crippen MR) is 135 cm³/mol. The molecule has 0 amide bonds. The molecule has 0 aliphatic carbocycles. The molecule has 28 heavy (non-hydrogen) atoms. The monoisotopic (exact) mass is 512 g/mol. The van der Waals surface area contributed by atoms with Crippen molar-refractivity contribution in [1.29, 1.82) is 0 Å². The molecule has 142 valence electrons. The standard InChI is InChI=1S/C25H22BrP.BrH/c26-25-19-11-10-12-21(25)20-27(22-13-4-1-5-14-22,23-15-6-2-7-16-23)24-17-8-3-9-18-24;/h1-19,27H,20H2;1H. The molecule has 4 rings (SSSR count). The Labute approximate surface area is 186 Å². The zero-order valence-electron chi connectivity index (χ0n) is 15.5. The third kappa shape index (κ3) is 4.15. The second-order valence-corrected chi connectivity index (χ2v) is 11.5. The second kappa shape index (κ2) is 9.65. The average molecular weight is 514 g/mol. The number of halogens is 2. The maximum absolute atomic E-state index is 3.79. The Morgan fingerprint density at radius 2 is 0.857 bits per heavy atom. The van der Waals surface area contributed by atoms with Crippen LogP contribution < -0.4 is 15.9 Å². The van der Waals surface area contributed by atoms with Crippen LogP contribution in [0.15, 0.2) is 120 Å². The first kappa shape index (κ1) is 21.0. The Bertz CT molecular complexity index is 905. The summed E-state index contributed by atoms with van der Waals surface area (Å²) < 4.78 is 1.18. The molecule has 0 saturated heterocycles. The summed E-state index contributed by atoms with van der Waals surface area (Å²) in [6.45, 7) is 0. The fourth-order valence-electron chi connectivity index (χ4n) is 3.90. The van der Waals surface area contributed by atoms with E-state index in [1.165, 1.54) is 25.9 Å². The van der Waals surface area contributed by atoms with Gasteiger partial charge >= 0.3 is 171 Å². The van der Waals surface area contributed by atoms with E-state index in [2.05, 4.69) is 131 Å². The van der Waals surface area contributed by atoms with E-state index >= 15 is 0 Å². The van der Waals surface area contributed by atoms with Crippen molar-refractivity contribution in [1.82, 2.24) is 0 Å². The van der Waals surface area contributed by atoms with E-state index in [1.54, 1.807) is 0 Å². The van der Waals surface area contributed by atoms with Gasteiger partial charge in [0.15, 0.2) is 0 Å². The fourth-order valence-corrected chi connectivity index (χ4v) is 9.36. The summed E-state index contributed by atoms with van der Waals surface area (Å²) in [5, 5.41) is 4.33. The van der Waals surface area contributed by atoms with Crippen LogP contribution >= 0.6 is 40.2 Å². The molecule has 0 atom stereocenters. The van der Waals surface area contributed by atoms with E-state index in [0.717, 1.165) is 6.16 Å². The van der Waals surface area contributed by atoms with Crippen LogP contribution in [0.4, 0.5) is 0 Å². The quantitative estimate of drug-likeness (QED) is 0.276. The van der Waals surface area contributed by atoms with Gasteiger partial charge in [0.05, 0.1) is 0 Å². The molecule has 0 fully saturated rings. The summed E-state index contributed by atoms with van der Waals surface area (Å²) in [4.78, 5) is 0. The normalized spacial score (nSPS) is 11.5. The molecule has 0 saturated carbocycles. The minimum absolute atomic E-state index is 0. The summed E-state index contributed by atoms with van der Waals surface area (Å²) in [7, 11) is -2.23. The zero-order valence-corrected chi connectivity index (χ0v) is 19.8. The average Bonchev–Trinajstić information content (AvgIpc) is 2.75. The van der Waals surface area contributed by atoms with Crippen molar-refractivity contribution >= 4 is 56.1 Å². The van der Waals surface area contributed by atoms with Crippen LogP contribution in [-0.4, -0.2) is 0 Å². The maximum atomic E-state index is 3.79. The summed E-state index contributed by atoms with van der Waals surface area (Å²) in [5.41, 5.74) is 1.36. The van der Waals surface area contributed by atoms with Gasteiger partial charge in [-0.15, -0.1) is 17.0 Å². The van der Waals surface area contributed by atoms with E-state index in [0.29, 0.717) is 0 Å². The summed E-state index contributed by atoms with van der Waals surface area (Å²) in [6, 6.07) is 41.8. The van der Waals surface area contributed by atoms with Crippen LogP contribution in [0, 0.1) is 0 Å². The van der Waals surface area contributed by atoms with Crippen LogP contribution in [0.3, 0.4) is 0 Å². The number of rotatable bonds is 5. The second-order valence-electron chi connectivity index (χ2n) is 6.77. The first-order valence-corrected chi connectivity index (χ1v) is 12.2. The first-order valence-electron chi connectivity index (χ1n) is 9.21. The molecule has 4 aromatic carbocycles.